The van der Waals surface area contributed by atoms with E-state index in [0.717, 1.165) is 5.56 Å². The second-order valence-corrected chi connectivity index (χ2v) is 5.36. The molecule has 2 aromatic carbocycles. The summed E-state index contributed by atoms with van der Waals surface area (Å²) >= 11 is 6.21. The van der Waals surface area contributed by atoms with E-state index < -0.39 is 6.29 Å². The van der Waals surface area contributed by atoms with Gasteiger partial charge in [-0.05, 0) is 29.8 Å². The van der Waals surface area contributed by atoms with Crippen molar-refractivity contribution < 1.29 is 18.9 Å². The summed E-state index contributed by atoms with van der Waals surface area (Å²) in [6.07, 6.45) is -0.690. The summed E-state index contributed by atoms with van der Waals surface area (Å²) in [4.78, 5) is 2.71. The third-order valence-electron chi connectivity index (χ3n) is 3.52. The summed E-state index contributed by atoms with van der Waals surface area (Å²) in [7, 11) is 3.17. The molecule has 1 heterocycles. The van der Waals surface area contributed by atoms with Crippen molar-refractivity contribution >= 4 is 11.6 Å². The lowest BCUT2D eigenvalue weighted by atomic mass is 10.0. The van der Waals surface area contributed by atoms with E-state index in [1.54, 1.807) is 38.5 Å². The highest BCUT2D eigenvalue weighted by molar-refractivity contribution is 6.31. The van der Waals surface area contributed by atoms with Gasteiger partial charge in [0.05, 0.1) is 14.2 Å². The number of hydrogen-bond donors (Lipinski definition) is 0. The molecule has 0 bridgehead atoms. The number of benzene rings is 2. The van der Waals surface area contributed by atoms with Gasteiger partial charge in [-0.1, -0.05) is 16.7 Å². The van der Waals surface area contributed by atoms with E-state index in [1.807, 2.05) is 6.07 Å². The second kappa shape index (κ2) is 6.78. The lowest BCUT2D eigenvalue weighted by molar-refractivity contribution is 0.0584. The average Bonchev–Trinajstić information content (AvgIpc) is 3.01. The fourth-order valence-corrected chi connectivity index (χ4v) is 2.69. The monoisotopic (exact) mass is 347 g/mol. The van der Waals surface area contributed by atoms with Crippen LogP contribution in [-0.2, 0) is 0 Å². The van der Waals surface area contributed by atoms with Gasteiger partial charge < -0.3 is 18.9 Å². The predicted octanol–water partition coefficient (Wildman–Crippen LogP) is 4.43. The quantitative estimate of drug-likeness (QED) is 0.455. The Morgan fingerprint density at radius 1 is 1.17 bits per heavy atom. The molecule has 0 spiro atoms. The van der Waals surface area contributed by atoms with Crippen LogP contribution in [-0.4, -0.2) is 27.1 Å². The molecule has 2 aromatic rings. The molecule has 0 saturated carbocycles. The number of rotatable bonds is 5. The van der Waals surface area contributed by atoms with Crippen LogP contribution in [0, 0.1) is 0 Å². The van der Waals surface area contributed by atoms with E-state index in [4.69, 9.17) is 36.1 Å². The smallest absolute Gasteiger partial charge is 0.247 e. The fraction of sp³-hybridized carbons (Fsp3) is 0.250. The Hall–Kier alpha value is -2.76. The Kier molecular flexibility index (Phi) is 4.55. The lowest BCUT2D eigenvalue weighted by Gasteiger charge is -2.13. The molecule has 0 fully saturated rings. The molecular weight excluding hydrogens is 334 g/mol. The van der Waals surface area contributed by atoms with Crippen molar-refractivity contribution in [1.29, 1.82) is 0 Å². The first-order valence-corrected chi connectivity index (χ1v) is 7.44. The van der Waals surface area contributed by atoms with Crippen LogP contribution in [0.1, 0.15) is 0 Å². The maximum atomic E-state index is 8.44. The van der Waals surface area contributed by atoms with Crippen molar-refractivity contribution in [2.45, 2.75) is 6.29 Å². The standard InChI is InChI=1S/C16H14ClN3O4/c1-21-10-3-4-13(22-2)11(7-10)12-5-9(17)6-14-16(12)24-15(23-14)8-19-20-18/h3-7,15H,8H2,1-2H3. The molecule has 0 amide bonds. The van der Waals surface area contributed by atoms with Crippen LogP contribution < -0.4 is 18.9 Å². The van der Waals surface area contributed by atoms with Crippen molar-refractivity contribution in [2.24, 2.45) is 5.11 Å². The van der Waals surface area contributed by atoms with Crippen LogP contribution in [0.3, 0.4) is 0 Å². The minimum absolute atomic E-state index is 0.0531. The Balaban J connectivity index is 2.09. The molecule has 0 radical (unpaired) electrons. The number of azide groups is 1. The van der Waals surface area contributed by atoms with Gasteiger partial charge >= 0.3 is 0 Å². The van der Waals surface area contributed by atoms with Gasteiger partial charge in [0, 0.05) is 27.1 Å². The first-order valence-electron chi connectivity index (χ1n) is 7.06. The maximum absolute atomic E-state index is 8.44. The summed E-state index contributed by atoms with van der Waals surface area (Å²) in [6.45, 7) is 0.0531. The summed E-state index contributed by atoms with van der Waals surface area (Å²) < 4.78 is 22.1. The molecule has 1 atom stereocenters. The molecule has 0 aromatic heterocycles. The van der Waals surface area contributed by atoms with Crippen LogP contribution >= 0.6 is 11.6 Å². The highest BCUT2D eigenvalue weighted by Crippen LogP contribution is 2.48. The normalized spacial score (nSPS) is 14.9. The maximum Gasteiger partial charge on any atom is 0.247 e. The van der Waals surface area contributed by atoms with E-state index >= 15 is 0 Å². The first kappa shape index (κ1) is 16.1. The molecule has 1 unspecified atom stereocenters. The van der Waals surface area contributed by atoms with Crippen LogP contribution in [0.4, 0.5) is 0 Å². The number of ether oxygens (including phenoxy) is 4. The molecule has 1 aliphatic heterocycles. The zero-order valence-corrected chi connectivity index (χ0v) is 13.8. The average molecular weight is 348 g/mol. The van der Waals surface area contributed by atoms with Crippen molar-refractivity contribution in [2.75, 3.05) is 20.8 Å². The van der Waals surface area contributed by atoms with Gasteiger partial charge in [-0.15, -0.1) is 0 Å². The minimum Gasteiger partial charge on any atom is -0.497 e. The topological polar surface area (TPSA) is 85.7 Å². The fourth-order valence-electron chi connectivity index (χ4n) is 2.48. The molecule has 24 heavy (non-hydrogen) atoms. The molecule has 3 rings (SSSR count). The zero-order valence-electron chi connectivity index (χ0n) is 13.0. The van der Waals surface area contributed by atoms with E-state index in [0.29, 0.717) is 33.6 Å². The number of nitrogens with zero attached hydrogens (tertiary/aromatic N) is 3. The first-order chi connectivity index (χ1) is 11.7. The van der Waals surface area contributed by atoms with Gasteiger partial charge in [0.25, 0.3) is 0 Å². The molecule has 8 heteroatoms. The second-order valence-electron chi connectivity index (χ2n) is 4.93. The Morgan fingerprint density at radius 3 is 2.71 bits per heavy atom. The van der Waals surface area contributed by atoms with Crippen LogP contribution in [0.2, 0.25) is 5.02 Å². The largest absolute Gasteiger partial charge is 0.497 e. The van der Waals surface area contributed by atoms with Gasteiger partial charge in [0.1, 0.15) is 18.0 Å². The molecule has 0 aliphatic carbocycles. The number of methoxy groups -OCH3 is 2. The van der Waals surface area contributed by atoms with E-state index in [9.17, 15) is 0 Å². The summed E-state index contributed by atoms with van der Waals surface area (Å²) in [6, 6.07) is 8.85. The van der Waals surface area contributed by atoms with E-state index in [1.165, 1.54) is 0 Å². The Bertz CT molecular complexity index is 821. The molecule has 1 aliphatic rings. The van der Waals surface area contributed by atoms with Gasteiger partial charge in [0.15, 0.2) is 11.5 Å². The van der Waals surface area contributed by atoms with Crippen LogP contribution in [0.15, 0.2) is 35.4 Å². The summed E-state index contributed by atoms with van der Waals surface area (Å²) in [5.41, 5.74) is 9.90. The highest BCUT2D eigenvalue weighted by Gasteiger charge is 2.28. The number of fused-ring (bicyclic) bond motifs is 1. The molecule has 124 valence electrons. The van der Waals surface area contributed by atoms with Crippen molar-refractivity contribution in [3.8, 4) is 34.1 Å². The summed E-state index contributed by atoms with van der Waals surface area (Å²) in [5.74, 6) is 2.32. The number of halogens is 1. The molecule has 7 nitrogen and oxygen atoms in total. The lowest BCUT2D eigenvalue weighted by Crippen LogP contribution is -2.21. The Morgan fingerprint density at radius 2 is 2.00 bits per heavy atom. The highest BCUT2D eigenvalue weighted by atomic mass is 35.5. The van der Waals surface area contributed by atoms with Crippen molar-refractivity contribution in [3.63, 3.8) is 0 Å². The third-order valence-corrected chi connectivity index (χ3v) is 3.74. The molecular formula is C16H14ClN3O4. The SMILES string of the molecule is COc1ccc(OC)c(-c2cc(Cl)cc3c2OC(CN=[N+]=[N-])O3)c1. The van der Waals surface area contributed by atoms with Crippen LogP contribution in [0.25, 0.3) is 21.6 Å². The molecule has 0 N–H and O–H groups in total. The van der Waals surface area contributed by atoms with E-state index in [-0.39, 0.29) is 6.54 Å². The predicted molar refractivity (Wildman–Crippen MR) is 89.0 cm³/mol. The van der Waals surface area contributed by atoms with Gasteiger partial charge in [-0.3, -0.25) is 0 Å². The van der Waals surface area contributed by atoms with Crippen molar-refractivity contribution in [3.05, 3.63) is 45.8 Å². The Labute approximate surface area is 143 Å². The van der Waals surface area contributed by atoms with Gasteiger partial charge in [-0.25, -0.2) is 0 Å². The van der Waals surface area contributed by atoms with Crippen molar-refractivity contribution in [1.82, 2.24) is 0 Å². The van der Waals surface area contributed by atoms with E-state index in [2.05, 4.69) is 10.0 Å². The number of hydrogen-bond acceptors (Lipinski definition) is 5. The third kappa shape index (κ3) is 2.99. The van der Waals surface area contributed by atoms with Gasteiger partial charge in [-0.2, -0.15) is 0 Å². The summed E-state index contributed by atoms with van der Waals surface area (Å²) in [5, 5.41) is 3.96. The van der Waals surface area contributed by atoms with Crippen LogP contribution in [0.5, 0.6) is 23.0 Å². The minimum atomic E-state index is -0.690. The zero-order chi connectivity index (χ0) is 17.1. The molecule has 0 saturated heterocycles. The van der Waals surface area contributed by atoms with Gasteiger partial charge in [0.2, 0.25) is 6.29 Å².